The highest BCUT2D eigenvalue weighted by atomic mass is 32.2. The van der Waals surface area contributed by atoms with Crippen molar-refractivity contribution in [2.45, 2.75) is 13.0 Å². The number of amides is 1. The third kappa shape index (κ3) is 6.78. The molecule has 86 valence electrons. The van der Waals surface area contributed by atoms with E-state index in [4.69, 9.17) is 5.11 Å². The van der Waals surface area contributed by atoms with E-state index >= 15 is 0 Å². The second-order valence-corrected chi connectivity index (χ2v) is 3.71. The van der Waals surface area contributed by atoms with Crippen LogP contribution in [0.1, 0.15) is 6.92 Å². The number of methoxy groups -OCH3 is 1. The molecule has 0 saturated heterocycles. The van der Waals surface area contributed by atoms with E-state index < -0.39 is 23.9 Å². The van der Waals surface area contributed by atoms with Gasteiger partial charge in [-0.1, -0.05) is 0 Å². The van der Waals surface area contributed by atoms with Gasteiger partial charge >= 0.3 is 11.9 Å². The Kier molecular flexibility index (Phi) is 6.52. The van der Waals surface area contributed by atoms with Crippen LogP contribution in [0.15, 0.2) is 0 Å². The number of thioether (sulfide) groups is 1. The number of esters is 1. The van der Waals surface area contributed by atoms with Crippen molar-refractivity contribution in [1.82, 2.24) is 5.32 Å². The predicted molar refractivity (Wildman–Crippen MR) is 54.6 cm³/mol. The molecule has 0 rings (SSSR count). The van der Waals surface area contributed by atoms with Crippen molar-refractivity contribution in [3.63, 3.8) is 0 Å². The maximum absolute atomic E-state index is 10.7. The van der Waals surface area contributed by atoms with Crippen LogP contribution in [0, 0.1) is 0 Å². The normalized spacial score (nSPS) is 11.6. The first-order valence-corrected chi connectivity index (χ1v) is 5.27. The first-order chi connectivity index (χ1) is 6.97. The molecule has 1 amide bonds. The summed E-state index contributed by atoms with van der Waals surface area (Å²) in [5.41, 5.74) is 0. The van der Waals surface area contributed by atoms with Crippen LogP contribution in [-0.2, 0) is 19.1 Å². The molecule has 0 saturated carbocycles. The molecular weight excluding hydrogens is 222 g/mol. The molecule has 15 heavy (non-hydrogen) atoms. The molecule has 0 aliphatic heterocycles. The highest BCUT2D eigenvalue weighted by molar-refractivity contribution is 8.00. The minimum Gasteiger partial charge on any atom is -0.480 e. The van der Waals surface area contributed by atoms with Crippen LogP contribution in [0.4, 0.5) is 0 Å². The number of aliphatic carboxylic acids is 1. The Morgan fingerprint density at radius 2 is 2.07 bits per heavy atom. The van der Waals surface area contributed by atoms with Crippen molar-refractivity contribution in [1.29, 1.82) is 0 Å². The summed E-state index contributed by atoms with van der Waals surface area (Å²) in [6.07, 6.45) is 0. The Labute approximate surface area is 91.4 Å². The van der Waals surface area contributed by atoms with Crippen LogP contribution in [0.25, 0.3) is 0 Å². The average molecular weight is 235 g/mol. The molecule has 0 fully saturated rings. The maximum atomic E-state index is 10.7. The maximum Gasteiger partial charge on any atom is 0.327 e. The highest BCUT2D eigenvalue weighted by Crippen LogP contribution is 2.03. The van der Waals surface area contributed by atoms with Crippen molar-refractivity contribution in [2.75, 3.05) is 18.6 Å². The van der Waals surface area contributed by atoms with Gasteiger partial charge in [0.2, 0.25) is 5.91 Å². The molecule has 0 aliphatic carbocycles. The average Bonchev–Trinajstić information content (AvgIpc) is 2.15. The van der Waals surface area contributed by atoms with Gasteiger partial charge in [0.1, 0.15) is 6.04 Å². The highest BCUT2D eigenvalue weighted by Gasteiger charge is 2.18. The number of carbonyl (C=O) groups excluding carboxylic acids is 2. The fourth-order valence-corrected chi connectivity index (χ4v) is 1.60. The Balaban J connectivity index is 3.91. The van der Waals surface area contributed by atoms with Crippen LogP contribution in [0.2, 0.25) is 0 Å². The number of carboxylic acids is 1. The smallest absolute Gasteiger partial charge is 0.327 e. The summed E-state index contributed by atoms with van der Waals surface area (Å²) in [5, 5.41) is 11.0. The van der Waals surface area contributed by atoms with Gasteiger partial charge < -0.3 is 15.2 Å². The first kappa shape index (κ1) is 13.8. The van der Waals surface area contributed by atoms with E-state index in [1.807, 2.05) is 0 Å². The molecular formula is C8H13NO5S. The van der Waals surface area contributed by atoms with E-state index in [1.54, 1.807) is 0 Å². The van der Waals surface area contributed by atoms with Gasteiger partial charge in [-0.25, -0.2) is 4.79 Å². The van der Waals surface area contributed by atoms with Gasteiger partial charge in [0, 0.05) is 12.7 Å². The van der Waals surface area contributed by atoms with Crippen molar-refractivity contribution in [3.05, 3.63) is 0 Å². The number of nitrogens with one attached hydrogen (secondary N) is 1. The summed E-state index contributed by atoms with van der Waals surface area (Å²) in [7, 11) is 1.26. The molecule has 0 bridgehead atoms. The van der Waals surface area contributed by atoms with Gasteiger partial charge in [-0.15, -0.1) is 11.8 Å². The number of rotatable bonds is 6. The van der Waals surface area contributed by atoms with Crippen molar-refractivity contribution < 1.29 is 24.2 Å². The molecule has 7 heteroatoms. The van der Waals surface area contributed by atoms with E-state index in [-0.39, 0.29) is 11.5 Å². The van der Waals surface area contributed by atoms with Gasteiger partial charge in [-0.2, -0.15) is 0 Å². The standard InChI is InChI=1S/C8H13NO5S/c1-5(10)9-6(8(12)13)3-15-4-7(11)14-2/h6H,3-4H2,1-2H3,(H,9,10)(H,12,13)/t6-/m0/s1. The Morgan fingerprint density at radius 3 is 2.47 bits per heavy atom. The largest absolute Gasteiger partial charge is 0.480 e. The summed E-state index contributed by atoms with van der Waals surface area (Å²) in [6.45, 7) is 1.24. The molecule has 1 atom stereocenters. The van der Waals surface area contributed by atoms with Crippen LogP contribution in [0.3, 0.4) is 0 Å². The molecule has 2 N–H and O–H groups in total. The van der Waals surface area contributed by atoms with Crippen molar-refractivity contribution in [2.24, 2.45) is 0 Å². The van der Waals surface area contributed by atoms with Gasteiger partial charge in [0.25, 0.3) is 0 Å². The molecule has 6 nitrogen and oxygen atoms in total. The fraction of sp³-hybridized carbons (Fsp3) is 0.625. The van der Waals surface area contributed by atoms with E-state index in [0.717, 1.165) is 11.8 Å². The molecule has 0 radical (unpaired) electrons. The van der Waals surface area contributed by atoms with Crippen LogP contribution < -0.4 is 5.32 Å². The summed E-state index contributed by atoms with van der Waals surface area (Å²) >= 11 is 1.09. The number of carboxylic acid groups (broad SMARTS) is 1. The molecule has 0 unspecified atom stereocenters. The van der Waals surface area contributed by atoms with Crippen LogP contribution in [0.5, 0.6) is 0 Å². The SMILES string of the molecule is COC(=O)CSC[C@H](NC(C)=O)C(=O)O. The minimum absolute atomic E-state index is 0.0693. The van der Waals surface area contributed by atoms with Crippen molar-refractivity contribution >= 4 is 29.6 Å². The molecule has 0 aromatic rings. The van der Waals surface area contributed by atoms with E-state index in [1.165, 1.54) is 14.0 Å². The van der Waals surface area contributed by atoms with E-state index in [2.05, 4.69) is 10.1 Å². The predicted octanol–water partition coefficient (Wildman–Crippen LogP) is -0.518. The monoisotopic (exact) mass is 235 g/mol. The van der Waals surface area contributed by atoms with Gasteiger partial charge in [-0.05, 0) is 0 Å². The summed E-state index contributed by atoms with van der Waals surface area (Å²) in [6, 6.07) is -0.975. The van der Waals surface area contributed by atoms with Crippen LogP contribution in [-0.4, -0.2) is 47.6 Å². The molecule has 0 aromatic carbocycles. The molecule has 0 aromatic heterocycles. The summed E-state index contributed by atoms with van der Waals surface area (Å²) in [5.74, 6) is -1.76. The zero-order valence-electron chi connectivity index (χ0n) is 8.48. The summed E-state index contributed by atoms with van der Waals surface area (Å²) < 4.78 is 4.38. The summed E-state index contributed by atoms with van der Waals surface area (Å²) in [4.78, 5) is 32.0. The lowest BCUT2D eigenvalue weighted by Crippen LogP contribution is -2.41. The number of carbonyl (C=O) groups is 3. The van der Waals surface area contributed by atoms with Crippen molar-refractivity contribution in [3.8, 4) is 0 Å². The Hall–Kier alpha value is -1.24. The number of hydrogen-bond acceptors (Lipinski definition) is 5. The topological polar surface area (TPSA) is 92.7 Å². The third-order valence-corrected chi connectivity index (χ3v) is 2.42. The Morgan fingerprint density at radius 1 is 1.47 bits per heavy atom. The van der Waals surface area contributed by atoms with Crippen LogP contribution >= 0.6 is 11.8 Å². The fourth-order valence-electron chi connectivity index (χ4n) is 0.739. The third-order valence-electron chi connectivity index (χ3n) is 1.41. The van der Waals surface area contributed by atoms with E-state index in [9.17, 15) is 14.4 Å². The zero-order valence-corrected chi connectivity index (χ0v) is 9.30. The lowest BCUT2D eigenvalue weighted by atomic mass is 10.3. The zero-order chi connectivity index (χ0) is 11.8. The van der Waals surface area contributed by atoms with Gasteiger partial charge in [-0.3, -0.25) is 9.59 Å². The number of hydrogen-bond donors (Lipinski definition) is 2. The lowest BCUT2D eigenvalue weighted by Gasteiger charge is -2.11. The van der Waals surface area contributed by atoms with Gasteiger partial charge in [0.05, 0.1) is 12.9 Å². The van der Waals surface area contributed by atoms with E-state index in [0.29, 0.717) is 0 Å². The second-order valence-electron chi connectivity index (χ2n) is 2.68. The minimum atomic E-state index is -1.12. The number of ether oxygens (including phenoxy) is 1. The van der Waals surface area contributed by atoms with Gasteiger partial charge in [0.15, 0.2) is 0 Å². The Bertz CT molecular complexity index is 255. The quantitative estimate of drug-likeness (QED) is 0.602. The molecule has 0 heterocycles. The second kappa shape index (κ2) is 7.10. The first-order valence-electron chi connectivity index (χ1n) is 4.11. The molecule has 0 aliphatic rings. The molecule has 0 spiro atoms. The lowest BCUT2D eigenvalue weighted by molar-refractivity contribution is -0.141.